The molecule has 2 N–H and O–H groups in total. The molecule has 1 unspecified atom stereocenters. The Kier molecular flexibility index (Phi) is 5.64. The third-order valence-electron chi connectivity index (χ3n) is 2.28. The number of carbonyl (C=O) groups is 1. The van der Waals surface area contributed by atoms with Crippen molar-refractivity contribution in [3.8, 4) is 0 Å². The molecule has 0 saturated carbocycles. The predicted octanol–water partition coefficient (Wildman–Crippen LogP) is 1.89. The highest BCUT2D eigenvalue weighted by Gasteiger charge is 2.38. The quantitative estimate of drug-likeness (QED) is 0.719. The van der Waals surface area contributed by atoms with Crippen LogP contribution in [0.4, 0.5) is 13.2 Å². The summed E-state index contributed by atoms with van der Waals surface area (Å²) >= 11 is 0. The van der Waals surface area contributed by atoms with Crippen molar-refractivity contribution >= 4 is 5.97 Å². The first-order chi connectivity index (χ1) is 6.75. The molecule has 1 saturated heterocycles. The molecular formula is C9H16F3NO2. The van der Waals surface area contributed by atoms with Crippen LogP contribution in [0.1, 0.15) is 20.3 Å². The van der Waals surface area contributed by atoms with Gasteiger partial charge < -0.3 is 10.4 Å². The Morgan fingerprint density at radius 1 is 1.47 bits per heavy atom. The Morgan fingerprint density at radius 3 is 2.07 bits per heavy atom. The number of aliphatic carboxylic acids is 1. The van der Waals surface area contributed by atoms with Crippen molar-refractivity contribution in [1.82, 2.24) is 5.32 Å². The molecule has 0 aromatic rings. The molecular weight excluding hydrogens is 211 g/mol. The molecule has 90 valence electrons. The van der Waals surface area contributed by atoms with Crippen molar-refractivity contribution in [3.63, 3.8) is 0 Å². The first kappa shape index (κ1) is 14.2. The summed E-state index contributed by atoms with van der Waals surface area (Å²) in [6, 6.07) is 0. The molecule has 1 aliphatic rings. The molecule has 0 amide bonds. The largest absolute Gasteiger partial charge is 0.490 e. The first-order valence-electron chi connectivity index (χ1n) is 4.76. The average molecular weight is 227 g/mol. The maximum absolute atomic E-state index is 10.6. The van der Waals surface area contributed by atoms with Gasteiger partial charge in [0, 0.05) is 0 Å². The fourth-order valence-corrected chi connectivity index (χ4v) is 1.25. The molecule has 1 aliphatic heterocycles. The van der Waals surface area contributed by atoms with Crippen LogP contribution in [0.15, 0.2) is 0 Å². The SMILES string of the molecule is CC(C)C1CCNC1.O=C(O)C(F)(F)F. The average Bonchev–Trinajstić information content (AvgIpc) is 2.54. The molecule has 15 heavy (non-hydrogen) atoms. The van der Waals surface area contributed by atoms with Gasteiger partial charge in [0.25, 0.3) is 0 Å². The molecule has 0 bridgehead atoms. The number of halogens is 3. The summed E-state index contributed by atoms with van der Waals surface area (Å²) in [5.41, 5.74) is 0. The van der Waals surface area contributed by atoms with E-state index in [1.54, 1.807) is 0 Å². The lowest BCUT2D eigenvalue weighted by Crippen LogP contribution is -2.21. The number of carboxylic acids is 1. The summed E-state index contributed by atoms with van der Waals surface area (Å²) in [5, 5.41) is 10.5. The highest BCUT2D eigenvalue weighted by Crippen LogP contribution is 2.16. The highest BCUT2D eigenvalue weighted by atomic mass is 19.4. The number of hydrogen-bond acceptors (Lipinski definition) is 2. The summed E-state index contributed by atoms with van der Waals surface area (Å²) in [6.07, 6.45) is -3.70. The zero-order chi connectivity index (χ0) is 12.1. The fraction of sp³-hybridized carbons (Fsp3) is 0.889. The maximum Gasteiger partial charge on any atom is 0.490 e. The van der Waals surface area contributed by atoms with Gasteiger partial charge in [-0.1, -0.05) is 13.8 Å². The number of rotatable bonds is 1. The molecule has 6 heteroatoms. The third-order valence-corrected chi connectivity index (χ3v) is 2.28. The molecule has 1 heterocycles. The molecule has 1 rings (SSSR count). The lowest BCUT2D eigenvalue weighted by atomic mass is 9.96. The summed E-state index contributed by atoms with van der Waals surface area (Å²) in [7, 11) is 0. The monoisotopic (exact) mass is 227 g/mol. The van der Waals surface area contributed by atoms with Gasteiger partial charge in [0.1, 0.15) is 0 Å². The minimum Gasteiger partial charge on any atom is -0.475 e. The van der Waals surface area contributed by atoms with E-state index in [4.69, 9.17) is 9.90 Å². The first-order valence-corrected chi connectivity index (χ1v) is 4.76. The van der Waals surface area contributed by atoms with Crippen LogP contribution in [0.5, 0.6) is 0 Å². The fourth-order valence-electron chi connectivity index (χ4n) is 1.25. The van der Waals surface area contributed by atoms with Gasteiger partial charge >= 0.3 is 12.1 Å². The molecule has 0 aromatic carbocycles. The van der Waals surface area contributed by atoms with Crippen LogP contribution < -0.4 is 5.32 Å². The van der Waals surface area contributed by atoms with Gasteiger partial charge in [-0.25, -0.2) is 4.79 Å². The molecule has 3 nitrogen and oxygen atoms in total. The lowest BCUT2D eigenvalue weighted by molar-refractivity contribution is -0.192. The van der Waals surface area contributed by atoms with Gasteiger partial charge in [0.2, 0.25) is 0 Å². The van der Waals surface area contributed by atoms with E-state index in [1.165, 1.54) is 19.5 Å². The van der Waals surface area contributed by atoms with Crippen molar-refractivity contribution in [1.29, 1.82) is 0 Å². The van der Waals surface area contributed by atoms with Crippen LogP contribution in [0, 0.1) is 11.8 Å². The summed E-state index contributed by atoms with van der Waals surface area (Å²) in [4.78, 5) is 8.90. The van der Waals surface area contributed by atoms with Crippen LogP contribution in [0.2, 0.25) is 0 Å². The second-order valence-corrected chi connectivity index (χ2v) is 3.80. The van der Waals surface area contributed by atoms with Gasteiger partial charge in [-0.2, -0.15) is 13.2 Å². The zero-order valence-electron chi connectivity index (χ0n) is 8.77. The van der Waals surface area contributed by atoms with Crippen LogP contribution in [0.25, 0.3) is 0 Å². The normalized spacial score (nSPS) is 21.1. The molecule has 0 aliphatic carbocycles. The maximum atomic E-state index is 10.6. The van der Waals surface area contributed by atoms with E-state index in [0.717, 1.165) is 11.8 Å². The van der Waals surface area contributed by atoms with E-state index in [2.05, 4.69) is 19.2 Å². The minimum absolute atomic E-state index is 0.880. The summed E-state index contributed by atoms with van der Waals surface area (Å²) < 4.78 is 31.7. The molecule has 0 radical (unpaired) electrons. The Labute approximate surface area is 86.7 Å². The highest BCUT2D eigenvalue weighted by molar-refractivity contribution is 5.73. The van der Waals surface area contributed by atoms with Gasteiger partial charge in [0.15, 0.2) is 0 Å². The Balaban J connectivity index is 0.000000265. The van der Waals surface area contributed by atoms with Crippen LogP contribution in [-0.4, -0.2) is 30.3 Å². The Bertz CT molecular complexity index is 198. The lowest BCUT2D eigenvalue weighted by Gasteiger charge is -2.10. The van der Waals surface area contributed by atoms with E-state index in [1.807, 2.05) is 0 Å². The van der Waals surface area contributed by atoms with E-state index < -0.39 is 12.1 Å². The van der Waals surface area contributed by atoms with Crippen molar-refractivity contribution in [2.75, 3.05) is 13.1 Å². The molecule has 1 fully saturated rings. The van der Waals surface area contributed by atoms with Gasteiger partial charge in [-0.3, -0.25) is 0 Å². The smallest absolute Gasteiger partial charge is 0.475 e. The number of nitrogens with one attached hydrogen (secondary N) is 1. The second kappa shape index (κ2) is 5.95. The molecule has 0 spiro atoms. The van der Waals surface area contributed by atoms with Crippen LogP contribution >= 0.6 is 0 Å². The second-order valence-electron chi connectivity index (χ2n) is 3.80. The van der Waals surface area contributed by atoms with Crippen LogP contribution in [0.3, 0.4) is 0 Å². The summed E-state index contributed by atoms with van der Waals surface area (Å²) in [5.74, 6) is -0.924. The zero-order valence-corrected chi connectivity index (χ0v) is 8.77. The topological polar surface area (TPSA) is 49.3 Å². The minimum atomic E-state index is -5.08. The standard InChI is InChI=1S/C7H15N.C2HF3O2/c1-6(2)7-3-4-8-5-7;3-2(4,5)1(6)7/h6-8H,3-5H2,1-2H3;(H,6,7). The van der Waals surface area contributed by atoms with Crippen molar-refractivity contribution in [3.05, 3.63) is 0 Å². The van der Waals surface area contributed by atoms with Crippen molar-refractivity contribution in [2.45, 2.75) is 26.4 Å². The number of hydrogen-bond donors (Lipinski definition) is 2. The van der Waals surface area contributed by atoms with E-state index in [-0.39, 0.29) is 0 Å². The van der Waals surface area contributed by atoms with Gasteiger partial charge in [-0.05, 0) is 31.3 Å². The number of alkyl halides is 3. The van der Waals surface area contributed by atoms with E-state index >= 15 is 0 Å². The van der Waals surface area contributed by atoms with E-state index in [9.17, 15) is 13.2 Å². The van der Waals surface area contributed by atoms with Gasteiger partial charge in [-0.15, -0.1) is 0 Å². The van der Waals surface area contributed by atoms with Crippen LogP contribution in [-0.2, 0) is 4.79 Å². The predicted molar refractivity (Wildman–Crippen MR) is 49.5 cm³/mol. The van der Waals surface area contributed by atoms with Crippen molar-refractivity contribution < 1.29 is 23.1 Å². The third kappa shape index (κ3) is 6.33. The Hall–Kier alpha value is -0.780. The Morgan fingerprint density at radius 2 is 1.93 bits per heavy atom. The summed E-state index contributed by atoms with van der Waals surface area (Å²) in [6.45, 7) is 7.09. The molecule has 0 aromatic heterocycles. The van der Waals surface area contributed by atoms with Gasteiger partial charge in [0.05, 0.1) is 0 Å². The molecule has 1 atom stereocenters. The van der Waals surface area contributed by atoms with E-state index in [0.29, 0.717) is 0 Å². The van der Waals surface area contributed by atoms with Crippen molar-refractivity contribution in [2.24, 2.45) is 11.8 Å². The number of carboxylic acid groups (broad SMARTS) is 1.